The quantitative estimate of drug-likeness (QED) is 0.267. The van der Waals surface area contributed by atoms with Crippen LogP contribution in [0.1, 0.15) is 52.3 Å². The van der Waals surface area contributed by atoms with Crippen molar-refractivity contribution in [1.82, 2.24) is 15.2 Å². The first-order valence-electron chi connectivity index (χ1n) is 14.5. The molecule has 2 aliphatic rings. The SMILES string of the molecule is O=C(NC1CCN(C(=O)c2ccc(F)cc2)CC1)c1nc2ccc(OC3CCN(c4ccc(C(F)(F)F)cc4)CC3)cc2o1. The zero-order valence-corrected chi connectivity index (χ0v) is 23.6. The van der Waals surface area contributed by atoms with Gasteiger partial charge < -0.3 is 24.3 Å². The summed E-state index contributed by atoms with van der Waals surface area (Å²) < 4.78 is 63.7. The van der Waals surface area contributed by atoms with E-state index >= 15 is 0 Å². The van der Waals surface area contributed by atoms with Gasteiger partial charge in [-0.05, 0) is 73.5 Å². The molecule has 44 heavy (non-hydrogen) atoms. The second-order valence-electron chi connectivity index (χ2n) is 11.0. The van der Waals surface area contributed by atoms with Gasteiger partial charge in [-0.1, -0.05) is 0 Å². The Hall–Kier alpha value is -4.61. The van der Waals surface area contributed by atoms with E-state index in [9.17, 15) is 27.2 Å². The number of halogens is 4. The molecule has 6 rings (SSSR count). The third kappa shape index (κ3) is 6.63. The number of hydrogen-bond acceptors (Lipinski definition) is 6. The van der Waals surface area contributed by atoms with Crippen LogP contribution < -0.4 is 15.0 Å². The van der Waals surface area contributed by atoms with Gasteiger partial charge in [-0.25, -0.2) is 9.37 Å². The molecule has 1 N–H and O–H groups in total. The van der Waals surface area contributed by atoms with E-state index in [1.54, 1.807) is 23.1 Å². The van der Waals surface area contributed by atoms with Gasteiger partial charge in [-0.3, -0.25) is 9.59 Å². The van der Waals surface area contributed by atoms with Crippen LogP contribution in [0, 0.1) is 5.82 Å². The number of nitrogens with zero attached hydrogens (tertiary/aromatic N) is 3. The van der Waals surface area contributed by atoms with Crippen molar-refractivity contribution in [1.29, 1.82) is 0 Å². The lowest BCUT2D eigenvalue weighted by atomic mass is 10.0. The molecule has 3 aromatic carbocycles. The molecule has 12 heteroatoms. The topological polar surface area (TPSA) is 87.9 Å². The molecule has 230 valence electrons. The van der Waals surface area contributed by atoms with Crippen molar-refractivity contribution in [2.45, 2.75) is 44.0 Å². The summed E-state index contributed by atoms with van der Waals surface area (Å²) in [7, 11) is 0. The van der Waals surface area contributed by atoms with Crippen molar-refractivity contribution in [2.75, 3.05) is 31.1 Å². The Morgan fingerprint density at radius 3 is 2.23 bits per heavy atom. The Labute approximate surface area is 250 Å². The molecular formula is C32H30F4N4O4. The summed E-state index contributed by atoms with van der Waals surface area (Å²) in [5.74, 6) is -0.499. The highest BCUT2D eigenvalue weighted by Crippen LogP contribution is 2.32. The number of piperidine rings is 2. The molecule has 1 aromatic heterocycles. The maximum Gasteiger partial charge on any atom is 0.416 e. The first-order chi connectivity index (χ1) is 21.1. The maximum atomic E-state index is 13.2. The number of rotatable bonds is 6. The van der Waals surface area contributed by atoms with Crippen LogP contribution in [0.25, 0.3) is 11.1 Å². The average Bonchev–Trinajstić information content (AvgIpc) is 3.45. The number of carbonyl (C=O) groups is 2. The van der Waals surface area contributed by atoms with Crippen LogP contribution in [-0.4, -0.2) is 60.0 Å². The molecule has 0 aliphatic carbocycles. The number of likely N-dealkylation sites (tertiary alicyclic amines) is 1. The highest BCUT2D eigenvalue weighted by atomic mass is 19.4. The van der Waals surface area contributed by atoms with Crippen LogP contribution in [0.2, 0.25) is 0 Å². The molecule has 8 nitrogen and oxygen atoms in total. The molecular weight excluding hydrogens is 580 g/mol. The van der Waals surface area contributed by atoms with Crippen LogP contribution in [0.4, 0.5) is 23.2 Å². The number of oxazole rings is 1. The molecule has 0 unspecified atom stereocenters. The lowest BCUT2D eigenvalue weighted by molar-refractivity contribution is -0.137. The summed E-state index contributed by atoms with van der Waals surface area (Å²) in [6.45, 7) is 2.20. The molecule has 0 radical (unpaired) electrons. The fourth-order valence-electron chi connectivity index (χ4n) is 5.61. The molecule has 4 aromatic rings. The van der Waals surface area contributed by atoms with Gasteiger partial charge in [0.05, 0.1) is 5.56 Å². The van der Waals surface area contributed by atoms with E-state index in [2.05, 4.69) is 10.3 Å². The van der Waals surface area contributed by atoms with E-state index in [0.717, 1.165) is 17.8 Å². The van der Waals surface area contributed by atoms with E-state index in [0.29, 0.717) is 74.3 Å². The van der Waals surface area contributed by atoms with E-state index < -0.39 is 23.5 Å². The molecule has 0 bridgehead atoms. The second kappa shape index (κ2) is 12.2. The number of carbonyl (C=O) groups excluding carboxylic acids is 2. The normalized spacial score (nSPS) is 16.7. The molecule has 3 heterocycles. The van der Waals surface area contributed by atoms with Gasteiger partial charge in [0.25, 0.3) is 11.8 Å². The first kappa shape index (κ1) is 29.5. The predicted octanol–water partition coefficient (Wildman–Crippen LogP) is 6.07. The van der Waals surface area contributed by atoms with Crippen LogP contribution in [0.15, 0.2) is 71.1 Å². The Kier molecular flexibility index (Phi) is 8.15. The third-order valence-corrected chi connectivity index (χ3v) is 8.07. The molecule has 2 fully saturated rings. The minimum absolute atomic E-state index is 0.0631. The molecule has 0 saturated carbocycles. The highest BCUT2D eigenvalue weighted by Gasteiger charge is 2.31. The zero-order chi connectivity index (χ0) is 30.8. The fourth-order valence-corrected chi connectivity index (χ4v) is 5.61. The molecule has 2 amide bonds. The van der Waals surface area contributed by atoms with Crippen LogP contribution in [0.3, 0.4) is 0 Å². The monoisotopic (exact) mass is 610 g/mol. The van der Waals surface area contributed by atoms with Gasteiger partial charge in [-0.2, -0.15) is 13.2 Å². The van der Waals surface area contributed by atoms with Crippen LogP contribution in [-0.2, 0) is 6.18 Å². The van der Waals surface area contributed by atoms with E-state index in [1.807, 2.05) is 4.90 Å². The second-order valence-corrected chi connectivity index (χ2v) is 11.0. The Morgan fingerprint density at radius 2 is 1.57 bits per heavy atom. The van der Waals surface area contributed by atoms with E-state index in [4.69, 9.17) is 9.15 Å². The van der Waals surface area contributed by atoms with Gasteiger partial charge in [0.15, 0.2) is 5.58 Å². The number of alkyl halides is 3. The van der Waals surface area contributed by atoms with Crippen LogP contribution >= 0.6 is 0 Å². The maximum absolute atomic E-state index is 13.2. The summed E-state index contributed by atoms with van der Waals surface area (Å²) in [4.78, 5) is 33.6. The van der Waals surface area contributed by atoms with Gasteiger partial charge in [0, 0.05) is 62.4 Å². The summed E-state index contributed by atoms with van der Waals surface area (Å²) in [5.41, 5.74) is 1.43. The number of fused-ring (bicyclic) bond motifs is 1. The number of nitrogens with one attached hydrogen (secondary N) is 1. The van der Waals surface area contributed by atoms with Crippen molar-refractivity contribution < 1.29 is 36.3 Å². The Bertz CT molecular complexity index is 1620. The van der Waals surface area contributed by atoms with Crippen molar-refractivity contribution in [2.24, 2.45) is 0 Å². The first-order valence-corrected chi connectivity index (χ1v) is 14.5. The van der Waals surface area contributed by atoms with Gasteiger partial charge in [0.1, 0.15) is 23.2 Å². The number of benzene rings is 3. The lowest BCUT2D eigenvalue weighted by Crippen LogP contribution is -2.46. The number of aromatic nitrogens is 1. The summed E-state index contributed by atoms with van der Waals surface area (Å²) in [6.07, 6.45) is -1.93. The fraction of sp³-hybridized carbons (Fsp3) is 0.344. The van der Waals surface area contributed by atoms with Crippen molar-refractivity contribution >= 4 is 28.6 Å². The van der Waals surface area contributed by atoms with Crippen LogP contribution in [0.5, 0.6) is 5.75 Å². The van der Waals surface area contributed by atoms with Crippen molar-refractivity contribution in [3.8, 4) is 5.75 Å². The summed E-state index contributed by atoms with van der Waals surface area (Å²) in [5, 5.41) is 2.94. The standard InChI is InChI=1S/C32H30F4N4O4/c33-22-5-1-20(2-6-22)31(42)40-15-11-23(12-16-40)37-29(41)30-38-27-10-9-26(19-28(27)44-30)43-25-13-17-39(18-14-25)24-7-3-21(4-8-24)32(34,35)36/h1-10,19,23,25H,11-18H2,(H,37,41). The zero-order valence-electron chi connectivity index (χ0n) is 23.6. The predicted molar refractivity (Wildman–Crippen MR) is 154 cm³/mol. The smallest absolute Gasteiger partial charge is 0.416 e. The van der Waals surface area contributed by atoms with E-state index in [-0.39, 0.29) is 23.9 Å². The third-order valence-electron chi connectivity index (χ3n) is 8.07. The van der Waals surface area contributed by atoms with Crippen molar-refractivity contribution in [3.63, 3.8) is 0 Å². The van der Waals surface area contributed by atoms with Gasteiger partial charge in [0.2, 0.25) is 0 Å². The number of hydrogen-bond donors (Lipinski definition) is 1. The summed E-state index contributed by atoms with van der Waals surface area (Å²) in [6, 6.07) is 15.7. The number of anilines is 1. The molecule has 0 atom stereocenters. The Morgan fingerprint density at radius 1 is 0.886 bits per heavy atom. The minimum Gasteiger partial charge on any atom is -0.490 e. The van der Waals surface area contributed by atoms with E-state index in [1.165, 1.54) is 36.4 Å². The molecule has 2 saturated heterocycles. The van der Waals surface area contributed by atoms with Gasteiger partial charge >= 0.3 is 12.1 Å². The average molecular weight is 611 g/mol. The lowest BCUT2D eigenvalue weighted by Gasteiger charge is -2.33. The minimum atomic E-state index is -4.36. The molecule has 0 spiro atoms. The number of ether oxygens (including phenoxy) is 1. The Balaban J connectivity index is 0.993. The highest BCUT2D eigenvalue weighted by molar-refractivity contribution is 5.94. The number of amides is 2. The van der Waals surface area contributed by atoms with Gasteiger partial charge in [-0.15, -0.1) is 0 Å². The largest absolute Gasteiger partial charge is 0.490 e. The van der Waals surface area contributed by atoms with Crippen molar-refractivity contribution in [3.05, 3.63) is 89.6 Å². The molecule has 2 aliphatic heterocycles. The summed E-state index contributed by atoms with van der Waals surface area (Å²) >= 11 is 0.